The van der Waals surface area contributed by atoms with Crippen molar-refractivity contribution in [2.45, 2.75) is 24.8 Å². The Morgan fingerprint density at radius 1 is 1.00 bits per heavy atom. The number of carbonyl (C=O) groups excluding carboxylic acids is 3. The first-order valence-electron chi connectivity index (χ1n) is 11.4. The van der Waals surface area contributed by atoms with E-state index in [1.807, 2.05) is 0 Å². The van der Waals surface area contributed by atoms with E-state index in [1.54, 1.807) is 48.5 Å². The van der Waals surface area contributed by atoms with Crippen molar-refractivity contribution in [3.05, 3.63) is 96.0 Å². The third-order valence-electron chi connectivity index (χ3n) is 5.20. The molecule has 2 N–H and O–H groups in total. The number of halogens is 1. The molecule has 0 saturated carbocycles. The summed E-state index contributed by atoms with van der Waals surface area (Å²) in [5.41, 5.74) is 1.20. The first kappa shape index (κ1) is 28.4. The molecule has 0 radical (unpaired) electrons. The van der Waals surface area contributed by atoms with Crippen molar-refractivity contribution >= 4 is 56.5 Å². The lowest BCUT2D eigenvalue weighted by Gasteiger charge is -2.24. The lowest BCUT2D eigenvalue weighted by molar-refractivity contribution is -0.123. The van der Waals surface area contributed by atoms with Crippen molar-refractivity contribution in [3.8, 4) is 0 Å². The molecular weight excluding hydrogens is 530 g/mol. The highest BCUT2D eigenvalue weighted by Crippen LogP contribution is 2.30. The number of sulfonamides is 1. The molecule has 3 aromatic carbocycles. The number of esters is 1. The first-order valence-corrected chi connectivity index (χ1v) is 13.2. The van der Waals surface area contributed by atoms with Crippen LogP contribution in [0.2, 0.25) is 5.02 Å². The van der Waals surface area contributed by atoms with Crippen LogP contribution in [0.15, 0.2) is 90.3 Å². The number of para-hydroxylation sites is 1. The fourth-order valence-electron chi connectivity index (χ4n) is 3.37. The minimum atomic E-state index is -4.13. The zero-order valence-corrected chi connectivity index (χ0v) is 22.3. The Kier molecular flexibility index (Phi) is 9.27. The number of nitrogens with one attached hydrogen (secondary N) is 2. The van der Waals surface area contributed by atoms with Gasteiger partial charge in [-0.05, 0) is 61.5 Å². The van der Waals surface area contributed by atoms with Crippen molar-refractivity contribution < 1.29 is 27.5 Å². The van der Waals surface area contributed by atoms with Crippen LogP contribution >= 0.6 is 11.6 Å². The van der Waals surface area contributed by atoms with Gasteiger partial charge in [-0.3, -0.25) is 13.9 Å². The maximum absolute atomic E-state index is 13.4. The third kappa shape index (κ3) is 6.99. The molecule has 0 bridgehead atoms. The van der Waals surface area contributed by atoms with E-state index in [0.29, 0.717) is 11.4 Å². The summed E-state index contributed by atoms with van der Waals surface area (Å²) >= 11 is 6.23. The topological polar surface area (TPSA) is 122 Å². The number of carbonyl (C=O) groups is 3. The molecule has 2 amide bonds. The van der Waals surface area contributed by atoms with Crippen LogP contribution in [0.4, 0.5) is 17.1 Å². The molecule has 38 heavy (non-hydrogen) atoms. The van der Waals surface area contributed by atoms with Crippen LogP contribution in [0.3, 0.4) is 0 Å². The smallest absolute Gasteiger partial charge is 0.338 e. The van der Waals surface area contributed by atoms with E-state index >= 15 is 0 Å². The van der Waals surface area contributed by atoms with Crippen LogP contribution in [0, 0.1) is 0 Å². The van der Waals surface area contributed by atoms with Gasteiger partial charge in [-0.1, -0.05) is 35.9 Å². The van der Waals surface area contributed by atoms with Crippen LogP contribution in [0.25, 0.3) is 0 Å². The molecule has 1 atom stereocenters. The highest BCUT2D eigenvalue weighted by Gasteiger charge is 2.27. The van der Waals surface area contributed by atoms with Crippen LogP contribution in [-0.4, -0.2) is 38.9 Å². The van der Waals surface area contributed by atoms with Crippen LogP contribution < -0.4 is 14.9 Å². The molecule has 0 aliphatic rings. The molecule has 11 heteroatoms. The van der Waals surface area contributed by atoms with Crippen molar-refractivity contribution in [3.63, 3.8) is 0 Å². The molecule has 198 valence electrons. The van der Waals surface area contributed by atoms with Crippen molar-refractivity contribution in [1.29, 1.82) is 0 Å². The predicted molar refractivity (Wildman–Crippen MR) is 147 cm³/mol. The maximum atomic E-state index is 13.4. The normalized spacial score (nSPS) is 11.7. The first-order chi connectivity index (χ1) is 18.0. The molecule has 3 aromatic rings. The summed E-state index contributed by atoms with van der Waals surface area (Å²) in [5, 5.41) is 5.46. The van der Waals surface area contributed by atoms with Gasteiger partial charge in [0, 0.05) is 18.3 Å². The minimum Gasteiger partial charge on any atom is -0.449 e. The number of benzene rings is 3. The van der Waals surface area contributed by atoms with E-state index in [1.165, 1.54) is 44.2 Å². The second-order valence-corrected chi connectivity index (χ2v) is 10.4. The van der Waals surface area contributed by atoms with E-state index in [4.69, 9.17) is 16.3 Å². The Morgan fingerprint density at radius 2 is 1.63 bits per heavy atom. The van der Waals surface area contributed by atoms with Crippen molar-refractivity contribution in [1.82, 2.24) is 0 Å². The maximum Gasteiger partial charge on any atom is 0.338 e. The molecule has 0 aliphatic heterocycles. The third-order valence-corrected chi connectivity index (χ3v) is 7.29. The minimum absolute atomic E-state index is 0.0518. The molecule has 3 rings (SSSR count). The van der Waals surface area contributed by atoms with Crippen LogP contribution in [0.1, 0.15) is 24.2 Å². The van der Waals surface area contributed by atoms with Gasteiger partial charge in [-0.15, -0.1) is 6.58 Å². The van der Waals surface area contributed by atoms with Crippen molar-refractivity contribution in [2.75, 3.05) is 21.5 Å². The molecule has 0 fully saturated rings. The standard InChI is InChI=1S/C27H26ClN3O6S/c1-4-16-31(25-11-6-5-10-24(25)28)38(35,36)23-9-7-8-20(17-23)27(34)37-18(2)26(33)30-22-14-12-21(13-15-22)29-19(3)32/h4-15,17-18H,1,16H2,2-3H3,(H,29,32)(H,30,33). The van der Waals surface area contributed by atoms with Crippen molar-refractivity contribution in [2.24, 2.45) is 0 Å². The largest absolute Gasteiger partial charge is 0.449 e. The fraction of sp³-hybridized carbons (Fsp3) is 0.148. The number of ether oxygens (including phenoxy) is 1. The average Bonchev–Trinajstić information content (AvgIpc) is 2.88. The molecule has 0 heterocycles. The molecule has 0 saturated heterocycles. The van der Waals surface area contributed by atoms with Gasteiger partial charge in [-0.25, -0.2) is 13.2 Å². The number of rotatable bonds is 10. The molecule has 0 spiro atoms. The van der Waals surface area contributed by atoms with Gasteiger partial charge in [-0.2, -0.15) is 0 Å². The zero-order valence-electron chi connectivity index (χ0n) is 20.7. The quantitative estimate of drug-likeness (QED) is 0.272. The van der Waals surface area contributed by atoms with E-state index in [-0.39, 0.29) is 33.6 Å². The molecule has 0 aromatic heterocycles. The second-order valence-electron chi connectivity index (χ2n) is 8.10. The number of hydrogen-bond acceptors (Lipinski definition) is 6. The van der Waals surface area contributed by atoms with Crippen LogP contribution in [0.5, 0.6) is 0 Å². The van der Waals surface area contributed by atoms with Gasteiger partial charge in [0.05, 0.1) is 27.7 Å². The SMILES string of the molecule is C=CCN(c1ccccc1Cl)S(=O)(=O)c1cccc(C(=O)OC(C)C(=O)Nc2ccc(NC(C)=O)cc2)c1. The summed E-state index contributed by atoms with van der Waals surface area (Å²) in [5.74, 6) is -1.69. The Hall–Kier alpha value is -4.15. The molecular formula is C27H26ClN3O6S. The predicted octanol–water partition coefficient (Wildman–Crippen LogP) is 4.86. The van der Waals surface area contributed by atoms with E-state index < -0.39 is 28.0 Å². The van der Waals surface area contributed by atoms with E-state index in [2.05, 4.69) is 17.2 Å². The van der Waals surface area contributed by atoms with Gasteiger partial charge >= 0.3 is 5.97 Å². The number of hydrogen-bond donors (Lipinski definition) is 2. The summed E-state index contributed by atoms with van der Waals surface area (Å²) < 4.78 is 33.2. The highest BCUT2D eigenvalue weighted by molar-refractivity contribution is 7.92. The monoisotopic (exact) mass is 555 g/mol. The van der Waals surface area contributed by atoms with Crippen LogP contribution in [-0.2, 0) is 24.3 Å². The lowest BCUT2D eigenvalue weighted by atomic mass is 10.2. The molecule has 9 nitrogen and oxygen atoms in total. The zero-order chi connectivity index (χ0) is 27.9. The summed E-state index contributed by atoms with van der Waals surface area (Å²) in [6, 6.07) is 18.2. The number of nitrogens with zero attached hydrogens (tertiary/aromatic N) is 1. The van der Waals surface area contributed by atoms with Gasteiger partial charge in [0.25, 0.3) is 15.9 Å². The Labute approximate surface area is 226 Å². The van der Waals surface area contributed by atoms with Gasteiger partial charge in [0.15, 0.2) is 6.10 Å². The van der Waals surface area contributed by atoms with E-state index in [9.17, 15) is 22.8 Å². The summed E-state index contributed by atoms with van der Waals surface area (Å²) in [6.45, 7) is 6.35. The Bertz CT molecular complexity index is 1460. The Balaban J connectivity index is 1.74. The summed E-state index contributed by atoms with van der Waals surface area (Å²) in [7, 11) is -4.13. The summed E-state index contributed by atoms with van der Waals surface area (Å²) in [6.07, 6.45) is 0.241. The summed E-state index contributed by atoms with van der Waals surface area (Å²) in [4.78, 5) is 36.3. The Morgan fingerprint density at radius 3 is 2.24 bits per heavy atom. The second kappa shape index (κ2) is 12.4. The van der Waals surface area contributed by atoms with Gasteiger partial charge < -0.3 is 15.4 Å². The molecule has 0 aliphatic carbocycles. The van der Waals surface area contributed by atoms with Gasteiger partial charge in [0.1, 0.15) is 0 Å². The highest BCUT2D eigenvalue weighted by atomic mass is 35.5. The molecule has 1 unspecified atom stereocenters. The average molecular weight is 556 g/mol. The lowest BCUT2D eigenvalue weighted by Crippen LogP contribution is -2.32. The van der Waals surface area contributed by atoms with Gasteiger partial charge in [0.2, 0.25) is 5.91 Å². The fourth-order valence-corrected chi connectivity index (χ4v) is 5.16. The van der Waals surface area contributed by atoms with E-state index in [0.717, 1.165) is 4.31 Å². The number of anilines is 3. The number of amides is 2.